The van der Waals surface area contributed by atoms with Crippen LogP contribution < -0.4 is 11.1 Å². The van der Waals surface area contributed by atoms with Crippen molar-refractivity contribution in [3.05, 3.63) is 61.1 Å². The third kappa shape index (κ3) is 3.25. The Bertz CT molecular complexity index is 1150. The van der Waals surface area contributed by atoms with Crippen molar-refractivity contribution < 1.29 is 4.79 Å². The Morgan fingerprint density at radius 2 is 1.74 bits per heavy atom. The van der Waals surface area contributed by atoms with Gasteiger partial charge in [-0.15, -0.1) is 0 Å². The first-order chi connectivity index (χ1) is 13.0. The van der Waals surface area contributed by atoms with E-state index in [1.165, 1.54) is 6.92 Å². The Labute approximate surface area is 156 Å². The molecule has 2 aromatic heterocycles. The monoisotopic (exact) mass is 357 g/mol. The molecule has 0 spiro atoms. The molecule has 0 saturated heterocycles. The number of fused-ring (bicyclic) bond motifs is 1. The smallest absolute Gasteiger partial charge is 0.221 e. The molecular weight excluding hydrogens is 338 g/mol. The minimum absolute atomic E-state index is 0.112. The molecule has 27 heavy (non-hydrogen) atoms. The lowest BCUT2D eigenvalue weighted by atomic mass is 9.98. The molecule has 2 aromatic carbocycles. The molecule has 0 aliphatic rings. The fraction of sp³-hybridized carbons (Fsp3) is 0.0952. The van der Waals surface area contributed by atoms with Crippen LogP contribution in [0.3, 0.4) is 0 Å². The van der Waals surface area contributed by atoms with Crippen molar-refractivity contribution >= 4 is 28.2 Å². The summed E-state index contributed by atoms with van der Waals surface area (Å²) >= 11 is 0. The molecule has 0 aliphatic heterocycles. The number of nitrogens with zero attached hydrogens (tertiary/aromatic N) is 3. The molecular formula is C21H19N5O. The molecule has 0 radical (unpaired) electrons. The molecule has 2 heterocycles. The maximum Gasteiger partial charge on any atom is 0.221 e. The van der Waals surface area contributed by atoms with Crippen LogP contribution in [-0.2, 0) is 11.8 Å². The van der Waals surface area contributed by atoms with Gasteiger partial charge in [-0.25, -0.2) is 4.98 Å². The number of nitrogens with one attached hydrogen (secondary N) is 1. The van der Waals surface area contributed by atoms with Crippen molar-refractivity contribution in [2.75, 3.05) is 11.1 Å². The average molecular weight is 357 g/mol. The van der Waals surface area contributed by atoms with Crippen LogP contribution in [0.5, 0.6) is 0 Å². The highest BCUT2D eigenvalue weighted by Gasteiger charge is 2.10. The summed E-state index contributed by atoms with van der Waals surface area (Å²) in [6, 6.07) is 13.9. The molecule has 6 heteroatoms. The Hall–Kier alpha value is -3.67. The van der Waals surface area contributed by atoms with E-state index in [-0.39, 0.29) is 5.91 Å². The van der Waals surface area contributed by atoms with Crippen LogP contribution in [0.4, 0.5) is 11.5 Å². The predicted octanol–water partition coefficient (Wildman–Crippen LogP) is 3.84. The van der Waals surface area contributed by atoms with E-state index in [4.69, 9.17) is 5.73 Å². The first-order valence-electron chi connectivity index (χ1n) is 8.56. The summed E-state index contributed by atoms with van der Waals surface area (Å²) < 4.78 is 1.78. The van der Waals surface area contributed by atoms with Gasteiger partial charge >= 0.3 is 0 Å². The second kappa shape index (κ2) is 6.57. The van der Waals surface area contributed by atoms with Gasteiger partial charge in [0.05, 0.1) is 6.20 Å². The molecule has 0 bridgehead atoms. The second-order valence-corrected chi connectivity index (χ2v) is 6.48. The summed E-state index contributed by atoms with van der Waals surface area (Å²) in [6.07, 6.45) is 5.60. The standard InChI is InChI=1S/C21H19N5O/c1-13(27)25-17-7-8-18-19(9-17)20(11-23-21(18)22)15-5-3-14(4-6-15)16-10-24-26(2)12-16/h3-12H,1-2H3,(H2,22,23)(H,25,27). The number of aryl methyl sites for hydroxylation is 1. The molecule has 0 atom stereocenters. The second-order valence-electron chi connectivity index (χ2n) is 6.48. The lowest BCUT2D eigenvalue weighted by Crippen LogP contribution is -2.05. The van der Waals surface area contributed by atoms with Crippen LogP contribution in [0, 0.1) is 0 Å². The van der Waals surface area contributed by atoms with Crippen LogP contribution in [0.1, 0.15) is 6.92 Å². The third-order valence-corrected chi connectivity index (χ3v) is 4.47. The van der Waals surface area contributed by atoms with E-state index in [0.29, 0.717) is 5.82 Å². The number of benzene rings is 2. The number of amides is 1. The van der Waals surface area contributed by atoms with Gasteiger partial charge < -0.3 is 11.1 Å². The quantitative estimate of drug-likeness (QED) is 0.583. The number of carbonyl (C=O) groups excluding carboxylic acids is 1. The Balaban J connectivity index is 1.80. The summed E-state index contributed by atoms with van der Waals surface area (Å²) in [5, 5.41) is 8.84. The fourth-order valence-corrected chi connectivity index (χ4v) is 3.19. The minimum atomic E-state index is -0.112. The number of hydrogen-bond donors (Lipinski definition) is 2. The normalized spacial score (nSPS) is 10.9. The molecule has 0 fully saturated rings. The number of pyridine rings is 1. The van der Waals surface area contributed by atoms with Crippen LogP contribution in [0.2, 0.25) is 0 Å². The number of anilines is 2. The minimum Gasteiger partial charge on any atom is -0.383 e. The van der Waals surface area contributed by atoms with E-state index in [1.807, 2.05) is 37.6 Å². The van der Waals surface area contributed by atoms with E-state index in [0.717, 1.165) is 38.7 Å². The van der Waals surface area contributed by atoms with Gasteiger partial charge in [-0.05, 0) is 34.7 Å². The lowest BCUT2D eigenvalue weighted by Gasteiger charge is -2.11. The van der Waals surface area contributed by atoms with Gasteiger partial charge in [-0.1, -0.05) is 24.3 Å². The van der Waals surface area contributed by atoms with E-state index in [9.17, 15) is 4.79 Å². The SMILES string of the molecule is CC(=O)Nc1ccc2c(N)ncc(-c3ccc(-c4cnn(C)c4)cc3)c2c1. The highest BCUT2D eigenvalue weighted by atomic mass is 16.1. The first-order valence-corrected chi connectivity index (χ1v) is 8.56. The lowest BCUT2D eigenvalue weighted by molar-refractivity contribution is -0.114. The molecule has 0 aliphatic carbocycles. The van der Waals surface area contributed by atoms with E-state index in [2.05, 4.69) is 39.7 Å². The molecule has 3 N–H and O–H groups in total. The molecule has 6 nitrogen and oxygen atoms in total. The Kier molecular flexibility index (Phi) is 4.08. The third-order valence-electron chi connectivity index (χ3n) is 4.47. The van der Waals surface area contributed by atoms with E-state index < -0.39 is 0 Å². The number of nitrogens with two attached hydrogens (primary N) is 1. The van der Waals surface area contributed by atoms with E-state index in [1.54, 1.807) is 10.9 Å². The first kappa shape index (κ1) is 16.8. The molecule has 134 valence electrons. The highest BCUT2D eigenvalue weighted by Crippen LogP contribution is 2.33. The maximum absolute atomic E-state index is 11.4. The van der Waals surface area contributed by atoms with Crippen molar-refractivity contribution in [3.8, 4) is 22.3 Å². The summed E-state index contributed by atoms with van der Waals surface area (Å²) in [7, 11) is 1.90. The van der Waals surface area contributed by atoms with Gasteiger partial charge in [0.2, 0.25) is 5.91 Å². The van der Waals surface area contributed by atoms with Crippen LogP contribution in [-0.4, -0.2) is 20.7 Å². The predicted molar refractivity (Wildman–Crippen MR) is 108 cm³/mol. The van der Waals surface area contributed by atoms with Crippen molar-refractivity contribution in [1.29, 1.82) is 0 Å². The number of nitrogen functional groups attached to an aromatic ring is 1. The number of aromatic nitrogens is 3. The van der Waals surface area contributed by atoms with Crippen LogP contribution in [0.15, 0.2) is 61.1 Å². The Morgan fingerprint density at radius 3 is 2.41 bits per heavy atom. The zero-order valence-corrected chi connectivity index (χ0v) is 15.1. The molecule has 4 aromatic rings. The van der Waals surface area contributed by atoms with Gasteiger partial charge in [0.15, 0.2) is 0 Å². The van der Waals surface area contributed by atoms with Gasteiger partial charge in [-0.2, -0.15) is 5.10 Å². The molecule has 1 amide bonds. The van der Waals surface area contributed by atoms with Crippen molar-refractivity contribution in [2.24, 2.45) is 7.05 Å². The topological polar surface area (TPSA) is 85.8 Å². The molecule has 0 unspecified atom stereocenters. The summed E-state index contributed by atoms with van der Waals surface area (Å²) in [5.74, 6) is 0.355. The fourth-order valence-electron chi connectivity index (χ4n) is 3.19. The Morgan fingerprint density at radius 1 is 1.00 bits per heavy atom. The van der Waals surface area contributed by atoms with Gasteiger partial charge in [0.25, 0.3) is 0 Å². The number of hydrogen-bond acceptors (Lipinski definition) is 4. The summed E-state index contributed by atoms with van der Waals surface area (Å²) in [4.78, 5) is 15.7. The summed E-state index contributed by atoms with van der Waals surface area (Å²) in [5.41, 5.74) is 10.9. The van der Waals surface area contributed by atoms with Gasteiger partial charge in [0, 0.05) is 48.6 Å². The average Bonchev–Trinajstić information content (AvgIpc) is 3.08. The largest absolute Gasteiger partial charge is 0.383 e. The van der Waals surface area contributed by atoms with Crippen LogP contribution in [0.25, 0.3) is 33.0 Å². The number of carbonyl (C=O) groups is 1. The van der Waals surface area contributed by atoms with Crippen molar-refractivity contribution in [2.45, 2.75) is 6.92 Å². The number of rotatable bonds is 3. The van der Waals surface area contributed by atoms with Gasteiger partial charge in [0.1, 0.15) is 5.82 Å². The van der Waals surface area contributed by atoms with Crippen LogP contribution >= 0.6 is 0 Å². The van der Waals surface area contributed by atoms with Crippen molar-refractivity contribution in [3.63, 3.8) is 0 Å². The van der Waals surface area contributed by atoms with Gasteiger partial charge in [-0.3, -0.25) is 9.48 Å². The highest BCUT2D eigenvalue weighted by molar-refractivity contribution is 6.04. The molecule has 4 rings (SSSR count). The maximum atomic E-state index is 11.4. The zero-order valence-electron chi connectivity index (χ0n) is 15.1. The van der Waals surface area contributed by atoms with Crippen molar-refractivity contribution in [1.82, 2.24) is 14.8 Å². The summed E-state index contributed by atoms with van der Waals surface area (Å²) in [6.45, 7) is 1.49. The zero-order chi connectivity index (χ0) is 19.0. The van der Waals surface area contributed by atoms with E-state index >= 15 is 0 Å². The molecule has 0 saturated carbocycles.